The van der Waals surface area contributed by atoms with Crippen molar-refractivity contribution in [1.29, 1.82) is 0 Å². The van der Waals surface area contributed by atoms with E-state index in [1.807, 2.05) is 19.9 Å². The normalized spacial score (nSPS) is 15.5. The van der Waals surface area contributed by atoms with E-state index in [-0.39, 0.29) is 11.1 Å². The number of benzene rings is 2. The first-order valence-corrected chi connectivity index (χ1v) is 9.66. The summed E-state index contributed by atoms with van der Waals surface area (Å²) in [6, 6.07) is 12.0. The van der Waals surface area contributed by atoms with Crippen LogP contribution in [0.5, 0.6) is 11.5 Å². The van der Waals surface area contributed by atoms with Gasteiger partial charge in [0.25, 0.3) is 11.1 Å². The van der Waals surface area contributed by atoms with Gasteiger partial charge in [-0.15, -0.1) is 0 Å². The Labute approximate surface area is 166 Å². The number of halogens is 1. The SMILES string of the molecule is CCOc1ccc(C=C2SC(=O)N(c3ccc(Cl)cc3)C2=O)c(OCC)c1. The lowest BCUT2D eigenvalue weighted by Crippen LogP contribution is -2.27. The van der Waals surface area contributed by atoms with Crippen molar-refractivity contribution in [2.75, 3.05) is 18.1 Å². The van der Waals surface area contributed by atoms with Gasteiger partial charge in [0.1, 0.15) is 11.5 Å². The maximum Gasteiger partial charge on any atom is 0.298 e. The molecule has 5 nitrogen and oxygen atoms in total. The zero-order valence-corrected chi connectivity index (χ0v) is 16.5. The van der Waals surface area contributed by atoms with E-state index in [9.17, 15) is 9.59 Å². The van der Waals surface area contributed by atoms with Crippen molar-refractivity contribution < 1.29 is 19.1 Å². The summed E-state index contributed by atoms with van der Waals surface area (Å²) in [7, 11) is 0. The van der Waals surface area contributed by atoms with E-state index < -0.39 is 0 Å². The molecule has 7 heteroatoms. The first kappa shape index (κ1) is 19.3. The molecule has 3 rings (SSSR count). The lowest BCUT2D eigenvalue weighted by Gasteiger charge is -2.12. The van der Waals surface area contributed by atoms with Crippen molar-refractivity contribution in [3.05, 3.63) is 58.0 Å². The Balaban J connectivity index is 1.92. The summed E-state index contributed by atoms with van der Waals surface area (Å²) in [5.41, 5.74) is 1.20. The van der Waals surface area contributed by atoms with E-state index in [0.29, 0.717) is 45.9 Å². The molecule has 1 fully saturated rings. The molecule has 2 aromatic rings. The van der Waals surface area contributed by atoms with Crippen LogP contribution in [0.25, 0.3) is 6.08 Å². The minimum Gasteiger partial charge on any atom is -0.494 e. The third-order valence-electron chi connectivity index (χ3n) is 3.76. The molecule has 0 aliphatic carbocycles. The van der Waals surface area contributed by atoms with E-state index in [1.165, 1.54) is 0 Å². The molecular weight excluding hydrogens is 386 g/mol. The van der Waals surface area contributed by atoms with Gasteiger partial charge in [0, 0.05) is 16.7 Å². The van der Waals surface area contributed by atoms with Crippen molar-refractivity contribution >= 4 is 46.3 Å². The molecule has 1 saturated heterocycles. The lowest BCUT2D eigenvalue weighted by molar-refractivity contribution is -0.113. The second-order valence-corrected chi connectivity index (χ2v) is 6.99. The molecule has 27 heavy (non-hydrogen) atoms. The number of hydrogen-bond donors (Lipinski definition) is 0. The Morgan fingerprint density at radius 3 is 2.41 bits per heavy atom. The number of rotatable bonds is 6. The molecule has 0 unspecified atom stereocenters. The standard InChI is InChI=1S/C20H18ClNO4S/c1-3-25-16-10-5-13(17(12-16)26-4-2)11-18-19(23)22(20(24)27-18)15-8-6-14(21)7-9-15/h5-12H,3-4H2,1-2H3. The van der Waals surface area contributed by atoms with Crippen LogP contribution in [0.2, 0.25) is 5.02 Å². The van der Waals surface area contributed by atoms with Crippen molar-refractivity contribution in [1.82, 2.24) is 0 Å². The number of nitrogens with zero attached hydrogens (tertiary/aromatic N) is 1. The minimum atomic E-state index is -0.372. The second kappa shape index (κ2) is 8.50. The van der Waals surface area contributed by atoms with Gasteiger partial charge < -0.3 is 9.47 Å². The number of thioether (sulfide) groups is 1. The summed E-state index contributed by atoms with van der Waals surface area (Å²) in [5, 5.41) is 0.189. The minimum absolute atomic E-state index is 0.333. The molecule has 0 spiro atoms. The first-order valence-electron chi connectivity index (χ1n) is 8.46. The first-order chi connectivity index (χ1) is 13.0. The summed E-state index contributed by atoms with van der Waals surface area (Å²) in [6.45, 7) is 4.81. The molecule has 1 heterocycles. The number of carbonyl (C=O) groups excluding carboxylic acids is 2. The highest BCUT2D eigenvalue weighted by Crippen LogP contribution is 2.37. The van der Waals surface area contributed by atoms with Crippen LogP contribution in [0.1, 0.15) is 19.4 Å². The molecule has 2 aromatic carbocycles. The fourth-order valence-electron chi connectivity index (χ4n) is 2.59. The van der Waals surface area contributed by atoms with E-state index in [2.05, 4.69) is 0 Å². The van der Waals surface area contributed by atoms with E-state index >= 15 is 0 Å². The third kappa shape index (κ3) is 4.28. The van der Waals surface area contributed by atoms with Gasteiger partial charge in [0.15, 0.2) is 0 Å². The van der Waals surface area contributed by atoms with Gasteiger partial charge >= 0.3 is 0 Å². The molecule has 0 radical (unpaired) electrons. The fraction of sp³-hybridized carbons (Fsp3) is 0.200. The van der Waals surface area contributed by atoms with Crippen LogP contribution in [0.15, 0.2) is 47.4 Å². The molecule has 1 aliphatic rings. The maximum absolute atomic E-state index is 12.8. The quantitative estimate of drug-likeness (QED) is 0.606. The molecule has 0 N–H and O–H groups in total. The highest BCUT2D eigenvalue weighted by atomic mass is 35.5. The predicted molar refractivity (Wildman–Crippen MR) is 109 cm³/mol. The molecule has 0 saturated carbocycles. The van der Waals surface area contributed by atoms with Gasteiger partial charge in [0.2, 0.25) is 0 Å². The van der Waals surface area contributed by atoms with Crippen LogP contribution in [0, 0.1) is 0 Å². The fourth-order valence-corrected chi connectivity index (χ4v) is 3.55. The topological polar surface area (TPSA) is 55.8 Å². The van der Waals surface area contributed by atoms with Crippen LogP contribution < -0.4 is 14.4 Å². The Morgan fingerprint density at radius 1 is 1.04 bits per heavy atom. The van der Waals surface area contributed by atoms with Gasteiger partial charge in [-0.3, -0.25) is 9.59 Å². The zero-order chi connectivity index (χ0) is 19.4. The summed E-state index contributed by atoms with van der Waals surface area (Å²) >= 11 is 6.78. The number of carbonyl (C=O) groups is 2. The number of imide groups is 1. The molecule has 2 amide bonds. The van der Waals surface area contributed by atoms with Crippen LogP contribution in [0.4, 0.5) is 10.5 Å². The molecule has 1 aliphatic heterocycles. The molecule has 0 atom stereocenters. The van der Waals surface area contributed by atoms with Gasteiger partial charge in [0.05, 0.1) is 23.8 Å². The maximum atomic E-state index is 12.8. The predicted octanol–water partition coefficient (Wildman–Crippen LogP) is 5.38. The van der Waals surface area contributed by atoms with E-state index in [0.717, 1.165) is 16.7 Å². The summed E-state index contributed by atoms with van der Waals surface area (Å²) < 4.78 is 11.2. The van der Waals surface area contributed by atoms with Crippen molar-refractivity contribution in [2.24, 2.45) is 0 Å². The summed E-state index contributed by atoms with van der Waals surface area (Å²) in [6.07, 6.45) is 1.67. The summed E-state index contributed by atoms with van der Waals surface area (Å²) in [5.74, 6) is 0.915. The van der Waals surface area contributed by atoms with Gasteiger partial charge in [-0.25, -0.2) is 4.90 Å². The highest BCUT2D eigenvalue weighted by molar-refractivity contribution is 8.19. The van der Waals surface area contributed by atoms with Crippen molar-refractivity contribution in [3.8, 4) is 11.5 Å². The lowest BCUT2D eigenvalue weighted by atomic mass is 10.1. The average molecular weight is 404 g/mol. The largest absolute Gasteiger partial charge is 0.494 e. The van der Waals surface area contributed by atoms with Gasteiger partial charge in [-0.2, -0.15) is 0 Å². The van der Waals surface area contributed by atoms with E-state index in [1.54, 1.807) is 42.5 Å². The second-order valence-electron chi connectivity index (χ2n) is 5.56. The van der Waals surface area contributed by atoms with Crippen molar-refractivity contribution in [3.63, 3.8) is 0 Å². The number of hydrogen-bond acceptors (Lipinski definition) is 5. The molecular formula is C20H18ClNO4S. The Bertz CT molecular complexity index is 895. The molecule has 140 valence electrons. The van der Waals surface area contributed by atoms with Crippen LogP contribution >= 0.6 is 23.4 Å². The Morgan fingerprint density at radius 2 is 1.74 bits per heavy atom. The van der Waals surface area contributed by atoms with Crippen LogP contribution in [-0.2, 0) is 4.79 Å². The molecule has 0 aromatic heterocycles. The van der Waals surface area contributed by atoms with Gasteiger partial charge in [-0.1, -0.05) is 11.6 Å². The van der Waals surface area contributed by atoms with E-state index in [4.69, 9.17) is 21.1 Å². The molecule has 0 bridgehead atoms. The highest BCUT2D eigenvalue weighted by Gasteiger charge is 2.36. The third-order valence-corrected chi connectivity index (χ3v) is 4.88. The number of amides is 2. The zero-order valence-electron chi connectivity index (χ0n) is 14.9. The Kier molecular flexibility index (Phi) is 6.08. The summed E-state index contributed by atoms with van der Waals surface area (Å²) in [4.78, 5) is 26.6. The Hall–Kier alpha value is -2.44. The van der Waals surface area contributed by atoms with Crippen LogP contribution in [-0.4, -0.2) is 24.4 Å². The monoisotopic (exact) mass is 403 g/mol. The van der Waals surface area contributed by atoms with Crippen molar-refractivity contribution in [2.45, 2.75) is 13.8 Å². The average Bonchev–Trinajstić information content (AvgIpc) is 2.92. The number of ether oxygens (including phenoxy) is 2. The van der Waals surface area contributed by atoms with Crippen LogP contribution in [0.3, 0.4) is 0 Å². The number of anilines is 1. The smallest absolute Gasteiger partial charge is 0.298 e. The van der Waals surface area contributed by atoms with Gasteiger partial charge in [-0.05, 0) is 68.1 Å².